The number of nitrogens with two attached hydrogens (primary N) is 1. The van der Waals surface area contributed by atoms with Gasteiger partial charge in [-0.3, -0.25) is 4.79 Å². The molecule has 0 unspecified atom stereocenters. The number of benzene rings is 2. The maximum absolute atomic E-state index is 12.0. The average molecular weight is 268 g/mol. The molecule has 3 nitrogen and oxygen atoms in total. The molecule has 1 atom stereocenters. The first-order chi connectivity index (χ1) is 9.69. The molecule has 0 radical (unpaired) electrons. The molecule has 0 aliphatic carbocycles. The summed E-state index contributed by atoms with van der Waals surface area (Å²) in [6.07, 6.45) is 0.391. The topological polar surface area (TPSA) is 55.1 Å². The Labute approximate surface area is 119 Å². The molecule has 0 spiro atoms. The zero-order valence-electron chi connectivity index (χ0n) is 11.7. The minimum absolute atomic E-state index is 0.0204. The Kier molecular flexibility index (Phi) is 4.91. The molecule has 0 bridgehead atoms. The smallest absolute Gasteiger partial charge is 0.224 e. The van der Waals surface area contributed by atoms with Crippen molar-refractivity contribution in [3.05, 3.63) is 71.3 Å². The number of amides is 1. The van der Waals surface area contributed by atoms with Crippen LogP contribution in [0.1, 0.15) is 29.7 Å². The normalized spacial score (nSPS) is 11.9. The molecule has 0 fully saturated rings. The minimum Gasteiger partial charge on any atom is -0.349 e. The van der Waals surface area contributed by atoms with Gasteiger partial charge in [-0.25, -0.2) is 0 Å². The Morgan fingerprint density at radius 1 is 1.05 bits per heavy atom. The second kappa shape index (κ2) is 6.87. The summed E-state index contributed by atoms with van der Waals surface area (Å²) >= 11 is 0. The Bertz CT molecular complexity index is 549. The van der Waals surface area contributed by atoms with Crippen LogP contribution in [-0.2, 0) is 17.8 Å². The maximum Gasteiger partial charge on any atom is 0.224 e. The summed E-state index contributed by atoms with van der Waals surface area (Å²) in [6.45, 7) is 2.52. The molecule has 3 heteroatoms. The van der Waals surface area contributed by atoms with Gasteiger partial charge in [-0.2, -0.15) is 0 Å². The molecule has 0 aromatic heterocycles. The van der Waals surface area contributed by atoms with Crippen LogP contribution in [-0.4, -0.2) is 5.91 Å². The SMILES string of the molecule is C[C@@H](NC(=O)Cc1ccc(CN)cc1)c1ccccc1. The lowest BCUT2D eigenvalue weighted by Crippen LogP contribution is -2.28. The van der Waals surface area contributed by atoms with E-state index in [1.165, 1.54) is 0 Å². The summed E-state index contributed by atoms with van der Waals surface area (Å²) in [5, 5.41) is 3.01. The van der Waals surface area contributed by atoms with Gasteiger partial charge >= 0.3 is 0 Å². The number of nitrogens with one attached hydrogen (secondary N) is 1. The quantitative estimate of drug-likeness (QED) is 0.875. The minimum atomic E-state index is 0.0204. The van der Waals surface area contributed by atoms with E-state index < -0.39 is 0 Å². The van der Waals surface area contributed by atoms with Crippen LogP contribution in [0.5, 0.6) is 0 Å². The molecule has 0 aliphatic rings. The Balaban J connectivity index is 1.91. The van der Waals surface area contributed by atoms with Crippen LogP contribution in [0.2, 0.25) is 0 Å². The monoisotopic (exact) mass is 268 g/mol. The van der Waals surface area contributed by atoms with Crippen molar-refractivity contribution in [2.45, 2.75) is 25.9 Å². The van der Waals surface area contributed by atoms with E-state index >= 15 is 0 Å². The van der Waals surface area contributed by atoms with Crippen LogP contribution in [0.15, 0.2) is 54.6 Å². The molecule has 0 aliphatic heterocycles. The summed E-state index contributed by atoms with van der Waals surface area (Å²) in [6, 6.07) is 17.8. The van der Waals surface area contributed by atoms with Crippen LogP contribution in [0, 0.1) is 0 Å². The zero-order chi connectivity index (χ0) is 14.4. The lowest BCUT2D eigenvalue weighted by molar-refractivity contribution is -0.121. The largest absolute Gasteiger partial charge is 0.349 e. The first-order valence-electron chi connectivity index (χ1n) is 6.81. The second-order valence-corrected chi connectivity index (χ2v) is 4.90. The van der Waals surface area contributed by atoms with Gasteiger partial charge in [0.15, 0.2) is 0 Å². The highest BCUT2D eigenvalue weighted by Crippen LogP contribution is 2.12. The van der Waals surface area contributed by atoms with Gasteiger partial charge in [-0.15, -0.1) is 0 Å². The van der Waals surface area contributed by atoms with Crippen LogP contribution >= 0.6 is 0 Å². The Morgan fingerprint density at radius 2 is 1.65 bits per heavy atom. The van der Waals surface area contributed by atoms with E-state index in [1.807, 2.05) is 61.5 Å². The third-order valence-electron chi connectivity index (χ3n) is 3.30. The highest BCUT2D eigenvalue weighted by molar-refractivity contribution is 5.79. The third-order valence-corrected chi connectivity index (χ3v) is 3.30. The highest BCUT2D eigenvalue weighted by atomic mass is 16.1. The molecule has 2 aromatic rings. The van der Waals surface area contributed by atoms with Gasteiger partial charge in [0.05, 0.1) is 12.5 Å². The van der Waals surface area contributed by atoms with E-state index in [9.17, 15) is 4.79 Å². The van der Waals surface area contributed by atoms with E-state index in [0.717, 1.165) is 16.7 Å². The fourth-order valence-corrected chi connectivity index (χ4v) is 2.10. The van der Waals surface area contributed by atoms with Crippen molar-refractivity contribution in [3.8, 4) is 0 Å². The molecule has 2 rings (SSSR count). The van der Waals surface area contributed by atoms with Crippen LogP contribution in [0.4, 0.5) is 0 Å². The molecule has 0 saturated heterocycles. The Hall–Kier alpha value is -2.13. The first kappa shape index (κ1) is 14.3. The predicted molar refractivity (Wildman–Crippen MR) is 81.0 cm³/mol. The fourth-order valence-electron chi connectivity index (χ4n) is 2.10. The van der Waals surface area contributed by atoms with Crippen molar-refractivity contribution < 1.29 is 4.79 Å². The molecular weight excluding hydrogens is 248 g/mol. The summed E-state index contributed by atoms with van der Waals surface area (Å²) in [5.41, 5.74) is 8.74. The van der Waals surface area contributed by atoms with E-state index in [2.05, 4.69) is 5.32 Å². The van der Waals surface area contributed by atoms with E-state index in [4.69, 9.17) is 5.73 Å². The van der Waals surface area contributed by atoms with Crippen molar-refractivity contribution >= 4 is 5.91 Å². The van der Waals surface area contributed by atoms with Gasteiger partial charge in [0.2, 0.25) is 5.91 Å². The van der Waals surface area contributed by atoms with E-state index in [0.29, 0.717) is 13.0 Å². The third kappa shape index (κ3) is 3.93. The van der Waals surface area contributed by atoms with Gasteiger partial charge in [-0.1, -0.05) is 54.6 Å². The molecule has 0 heterocycles. The van der Waals surface area contributed by atoms with Crippen molar-refractivity contribution in [1.82, 2.24) is 5.32 Å². The van der Waals surface area contributed by atoms with Crippen molar-refractivity contribution in [3.63, 3.8) is 0 Å². The number of hydrogen-bond donors (Lipinski definition) is 2. The summed E-state index contributed by atoms with van der Waals surface area (Å²) in [4.78, 5) is 12.0. The van der Waals surface area contributed by atoms with Crippen LogP contribution in [0.25, 0.3) is 0 Å². The Morgan fingerprint density at radius 3 is 2.25 bits per heavy atom. The van der Waals surface area contributed by atoms with Crippen molar-refractivity contribution in [1.29, 1.82) is 0 Å². The molecule has 2 aromatic carbocycles. The van der Waals surface area contributed by atoms with Gasteiger partial charge in [-0.05, 0) is 23.6 Å². The standard InChI is InChI=1S/C17H20N2O/c1-13(16-5-3-2-4-6-16)19-17(20)11-14-7-9-15(12-18)10-8-14/h2-10,13H,11-12,18H2,1H3,(H,19,20)/t13-/m1/s1. The average Bonchev–Trinajstić information content (AvgIpc) is 2.49. The zero-order valence-corrected chi connectivity index (χ0v) is 11.7. The summed E-state index contributed by atoms with van der Waals surface area (Å²) < 4.78 is 0. The number of carbonyl (C=O) groups excluding carboxylic acids is 1. The van der Waals surface area contributed by atoms with Crippen LogP contribution in [0.3, 0.4) is 0 Å². The van der Waals surface area contributed by atoms with E-state index in [1.54, 1.807) is 0 Å². The fraction of sp³-hybridized carbons (Fsp3) is 0.235. The van der Waals surface area contributed by atoms with Crippen LogP contribution < -0.4 is 11.1 Å². The molecule has 0 saturated carbocycles. The summed E-state index contributed by atoms with van der Waals surface area (Å²) in [7, 11) is 0. The summed E-state index contributed by atoms with van der Waals surface area (Å²) in [5.74, 6) is 0.0295. The van der Waals surface area contributed by atoms with Crippen molar-refractivity contribution in [2.75, 3.05) is 0 Å². The molecule has 1 amide bonds. The predicted octanol–water partition coefficient (Wildman–Crippen LogP) is 2.57. The first-order valence-corrected chi connectivity index (χ1v) is 6.81. The van der Waals surface area contributed by atoms with Gasteiger partial charge in [0.25, 0.3) is 0 Å². The van der Waals surface area contributed by atoms with Gasteiger partial charge in [0, 0.05) is 6.54 Å². The molecule has 104 valence electrons. The number of rotatable bonds is 5. The van der Waals surface area contributed by atoms with Gasteiger partial charge in [0.1, 0.15) is 0 Å². The second-order valence-electron chi connectivity index (χ2n) is 4.90. The highest BCUT2D eigenvalue weighted by Gasteiger charge is 2.09. The maximum atomic E-state index is 12.0. The number of carbonyl (C=O) groups is 1. The number of hydrogen-bond acceptors (Lipinski definition) is 2. The van der Waals surface area contributed by atoms with Gasteiger partial charge < -0.3 is 11.1 Å². The lowest BCUT2D eigenvalue weighted by Gasteiger charge is -2.14. The molecule has 20 heavy (non-hydrogen) atoms. The molecule has 3 N–H and O–H groups in total. The lowest BCUT2D eigenvalue weighted by atomic mass is 10.1. The van der Waals surface area contributed by atoms with E-state index in [-0.39, 0.29) is 11.9 Å². The molecular formula is C17H20N2O. The van der Waals surface area contributed by atoms with Crippen molar-refractivity contribution in [2.24, 2.45) is 5.73 Å².